The summed E-state index contributed by atoms with van der Waals surface area (Å²) in [6.45, 7) is -0.335. The molecule has 0 amide bonds. The van der Waals surface area contributed by atoms with Crippen molar-refractivity contribution in [1.82, 2.24) is 14.5 Å². The van der Waals surface area contributed by atoms with Crippen LogP contribution in [-0.4, -0.2) is 43.6 Å². The SMILES string of the molecule is Nc1nc2c(c(Cl)c(Cl)n2[C@H]2C[C@H](O)[C@@H](CO)O2)c(=O)[nH]1. The first-order valence-corrected chi connectivity index (χ1v) is 6.88. The first-order chi connectivity index (χ1) is 9.93. The van der Waals surface area contributed by atoms with E-state index >= 15 is 0 Å². The lowest BCUT2D eigenvalue weighted by molar-refractivity contribution is -0.0429. The van der Waals surface area contributed by atoms with Crippen LogP contribution in [0.2, 0.25) is 10.2 Å². The van der Waals surface area contributed by atoms with Crippen molar-refractivity contribution in [2.24, 2.45) is 0 Å². The first-order valence-electron chi connectivity index (χ1n) is 6.13. The van der Waals surface area contributed by atoms with Crippen LogP contribution in [0.1, 0.15) is 12.6 Å². The van der Waals surface area contributed by atoms with Gasteiger partial charge in [-0.3, -0.25) is 14.3 Å². The molecule has 0 saturated carbocycles. The molecule has 0 aliphatic carbocycles. The van der Waals surface area contributed by atoms with E-state index < -0.39 is 24.0 Å². The number of nitrogens with zero attached hydrogens (tertiary/aromatic N) is 2. The molecule has 3 rings (SSSR count). The predicted octanol–water partition coefficient (Wildman–Crippen LogP) is 0.254. The number of aromatic nitrogens is 3. The molecule has 0 bridgehead atoms. The Bertz CT molecular complexity index is 759. The highest BCUT2D eigenvalue weighted by Gasteiger charge is 2.37. The van der Waals surface area contributed by atoms with Gasteiger partial charge in [0, 0.05) is 6.42 Å². The molecular formula is C11H12Cl2N4O4. The van der Waals surface area contributed by atoms with Crippen LogP contribution in [-0.2, 0) is 4.74 Å². The molecule has 21 heavy (non-hydrogen) atoms. The maximum absolute atomic E-state index is 11.9. The van der Waals surface area contributed by atoms with E-state index in [1.807, 2.05) is 0 Å². The van der Waals surface area contributed by atoms with Crippen LogP contribution in [0.3, 0.4) is 0 Å². The number of fused-ring (bicyclic) bond motifs is 1. The van der Waals surface area contributed by atoms with Gasteiger partial charge in [0.15, 0.2) is 5.65 Å². The van der Waals surface area contributed by atoms with Gasteiger partial charge in [0.25, 0.3) is 5.56 Å². The van der Waals surface area contributed by atoms with Crippen molar-refractivity contribution in [3.05, 3.63) is 20.5 Å². The smallest absolute Gasteiger partial charge is 0.263 e. The van der Waals surface area contributed by atoms with Gasteiger partial charge >= 0.3 is 0 Å². The van der Waals surface area contributed by atoms with Crippen molar-refractivity contribution >= 4 is 40.2 Å². The second-order valence-corrected chi connectivity index (χ2v) is 5.48. The summed E-state index contributed by atoms with van der Waals surface area (Å²) in [5, 5.41) is 19.1. The van der Waals surface area contributed by atoms with Crippen molar-refractivity contribution in [3.63, 3.8) is 0 Å². The minimum atomic E-state index is -0.855. The maximum Gasteiger partial charge on any atom is 0.263 e. The molecule has 0 unspecified atom stereocenters. The summed E-state index contributed by atoms with van der Waals surface area (Å²) in [5.41, 5.74) is 5.19. The third-order valence-electron chi connectivity index (χ3n) is 3.43. The molecule has 3 atom stereocenters. The lowest BCUT2D eigenvalue weighted by atomic mass is 10.2. The molecule has 10 heteroatoms. The lowest BCUT2D eigenvalue weighted by Crippen LogP contribution is -2.24. The molecule has 0 aromatic carbocycles. The highest BCUT2D eigenvalue weighted by Crippen LogP contribution is 2.39. The van der Waals surface area contributed by atoms with Gasteiger partial charge in [-0.15, -0.1) is 0 Å². The van der Waals surface area contributed by atoms with Crippen LogP contribution in [0, 0.1) is 0 Å². The Hall–Kier alpha value is -1.32. The third-order valence-corrected chi connectivity index (χ3v) is 4.27. The summed E-state index contributed by atoms with van der Waals surface area (Å²) < 4.78 is 6.91. The van der Waals surface area contributed by atoms with Crippen molar-refractivity contribution in [1.29, 1.82) is 0 Å². The van der Waals surface area contributed by atoms with E-state index in [1.165, 1.54) is 4.57 Å². The van der Waals surface area contributed by atoms with Crippen molar-refractivity contribution < 1.29 is 14.9 Å². The average Bonchev–Trinajstić information content (AvgIpc) is 2.89. The van der Waals surface area contributed by atoms with E-state index in [1.54, 1.807) is 0 Å². The number of aliphatic hydroxyl groups excluding tert-OH is 2. The molecule has 114 valence electrons. The number of nitrogen functional groups attached to an aromatic ring is 1. The number of nitrogens with one attached hydrogen (secondary N) is 1. The minimum absolute atomic E-state index is 0.0333. The molecule has 1 fully saturated rings. The molecule has 1 saturated heterocycles. The fourth-order valence-electron chi connectivity index (χ4n) is 2.45. The van der Waals surface area contributed by atoms with E-state index in [2.05, 4.69) is 9.97 Å². The molecule has 5 N–H and O–H groups in total. The Morgan fingerprint density at radius 1 is 1.52 bits per heavy atom. The number of anilines is 1. The highest BCUT2D eigenvalue weighted by molar-refractivity contribution is 6.45. The Kier molecular flexibility index (Phi) is 3.58. The molecule has 8 nitrogen and oxygen atoms in total. The number of H-pyrrole nitrogens is 1. The number of aromatic amines is 1. The number of hydrogen-bond acceptors (Lipinski definition) is 6. The number of halogens is 2. The zero-order chi connectivity index (χ0) is 15.3. The first kappa shape index (κ1) is 14.6. The Morgan fingerprint density at radius 2 is 2.24 bits per heavy atom. The summed E-state index contributed by atoms with van der Waals surface area (Å²) in [6, 6.07) is 0. The molecule has 1 aliphatic heterocycles. The largest absolute Gasteiger partial charge is 0.394 e. The summed E-state index contributed by atoms with van der Waals surface area (Å²) in [7, 11) is 0. The van der Waals surface area contributed by atoms with E-state index in [0.717, 1.165) is 0 Å². The van der Waals surface area contributed by atoms with Crippen LogP contribution in [0.15, 0.2) is 4.79 Å². The number of ether oxygens (including phenoxy) is 1. The fraction of sp³-hybridized carbons (Fsp3) is 0.455. The van der Waals surface area contributed by atoms with Gasteiger partial charge in [0.05, 0.1) is 17.7 Å². The second-order valence-electron chi connectivity index (χ2n) is 4.74. The topological polar surface area (TPSA) is 126 Å². The second kappa shape index (κ2) is 5.15. The zero-order valence-corrected chi connectivity index (χ0v) is 12.1. The Morgan fingerprint density at radius 3 is 2.86 bits per heavy atom. The molecule has 1 aliphatic rings. The standard InChI is InChI=1S/C11H12Cl2N4O4/c12-7-6-9(15-11(14)16-10(6)20)17(8(7)13)5-1-3(19)4(2-18)21-5/h3-5,18-19H,1-2H2,(H3,14,15,16,20)/t3-,4+,5+/m0/s1. The average molecular weight is 335 g/mol. The van der Waals surface area contributed by atoms with Gasteiger partial charge in [-0.1, -0.05) is 23.2 Å². The van der Waals surface area contributed by atoms with Crippen LogP contribution >= 0.6 is 23.2 Å². The van der Waals surface area contributed by atoms with Crippen molar-refractivity contribution in [3.8, 4) is 0 Å². The fourth-order valence-corrected chi connectivity index (χ4v) is 3.00. The van der Waals surface area contributed by atoms with Gasteiger partial charge in [-0.2, -0.15) is 4.98 Å². The Balaban J connectivity index is 2.20. The van der Waals surface area contributed by atoms with Gasteiger partial charge in [0.1, 0.15) is 22.9 Å². The van der Waals surface area contributed by atoms with Gasteiger partial charge < -0.3 is 20.7 Å². The van der Waals surface area contributed by atoms with E-state index in [9.17, 15) is 9.90 Å². The van der Waals surface area contributed by atoms with Crippen molar-refractivity contribution in [2.75, 3.05) is 12.3 Å². The summed E-state index contributed by atoms with van der Waals surface area (Å²) in [6.07, 6.45) is -2.11. The number of rotatable bonds is 2. The molecule has 2 aromatic heterocycles. The molecule has 0 radical (unpaired) electrons. The van der Waals surface area contributed by atoms with Crippen molar-refractivity contribution in [2.45, 2.75) is 24.9 Å². The number of hydrogen-bond donors (Lipinski definition) is 4. The van der Waals surface area contributed by atoms with Crippen LogP contribution in [0.4, 0.5) is 5.95 Å². The quantitative estimate of drug-likeness (QED) is 0.623. The highest BCUT2D eigenvalue weighted by atomic mass is 35.5. The van der Waals surface area contributed by atoms with Crippen LogP contribution < -0.4 is 11.3 Å². The summed E-state index contributed by atoms with van der Waals surface area (Å²) in [4.78, 5) is 18.3. The Labute approximate surface area is 128 Å². The minimum Gasteiger partial charge on any atom is -0.394 e. The predicted molar refractivity (Wildman–Crippen MR) is 76.4 cm³/mol. The van der Waals surface area contributed by atoms with Gasteiger partial charge in [-0.05, 0) is 0 Å². The number of aliphatic hydroxyl groups is 2. The van der Waals surface area contributed by atoms with Crippen LogP contribution in [0.5, 0.6) is 0 Å². The number of nitrogens with two attached hydrogens (primary N) is 1. The lowest BCUT2D eigenvalue weighted by Gasteiger charge is -2.15. The monoisotopic (exact) mass is 334 g/mol. The molecule has 3 heterocycles. The molecule has 0 spiro atoms. The molecule has 2 aromatic rings. The van der Waals surface area contributed by atoms with Gasteiger partial charge in [-0.25, -0.2) is 0 Å². The maximum atomic E-state index is 11.9. The summed E-state index contributed by atoms with van der Waals surface area (Å²) >= 11 is 12.2. The van der Waals surface area contributed by atoms with E-state index in [4.69, 9.17) is 38.8 Å². The summed E-state index contributed by atoms with van der Waals surface area (Å²) in [5.74, 6) is -0.0863. The zero-order valence-electron chi connectivity index (χ0n) is 10.6. The van der Waals surface area contributed by atoms with Crippen LogP contribution in [0.25, 0.3) is 11.0 Å². The molecular weight excluding hydrogens is 323 g/mol. The normalized spacial score (nSPS) is 25.8. The third kappa shape index (κ3) is 2.19. The van der Waals surface area contributed by atoms with Gasteiger partial charge in [0.2, 0.25) is 5.95 Å². The van der Waals surface area contributed by atoms with E-state index in [0.29, 0.717) is 0 Å². The van der Waals surface area contributed by atoms with E-state index in [-0.39, 0.29) is 40.2 Å².